The number of aliphatic hydroxyl groups is 1. The molecule has 1 saturated carbocycles. The fraction of sp³-hybridized carbons (Fsp3) is 0.280. The summed E-state index contributed by atoms with van der Waals surface area (Å²) in [6.07, 6.45) is 1.01. The van der Waals surface area contributed by atoms with Gasteiger partial charge in [-0.15, -0.1) is 0 Å². The summed E-state index contributed by atoms with van der Waals surface area (Å²) >= 11 is 0. The van der Waals surface area contributed by atoms with Crippen molar-refractivity contribution < 1.29 is 37.9 Å². The highest BCUT2D eigenvalue weighted by Gasteiger charge is 2.68. The molecule has 5 aromatic carbocycles. The van der Waals surface area contributed by atoms with Crippen LogP contribution in [0.3, 0.4) is 0 Å². The van der Waals surface area contributed by atoms with E-state index in [1.807, 2.05) is 126 Å². The minimum atomic E-state index is -2.59. The Balaban J connectivity index is 1.07. The van der Waals surface area contributed by atoms with Crippen molar-refractivity contribution in [2.45, 2.75) is 57.2 Å². The highest BCUT2D eigenvalue weighted by Crippen LogP contribution is 2.57. The first-order chi connectivity index (χ1) is 29.8. The van der Waals surface area contributed by atoms with E-state index < -0.39 is 52.6 Å². The third-order valence-electron chi connectivity index (χ3n) is 12.9. The molecule has 6 aromatic rings. The van der Waals surface area contributed by atoms with Gasteiger partial charge in [0.15, 0.2) is 28.7 Å². The topological polar surface area (TPSA) is 122 Å². The van der Waals surface area contributed by atoms with Crippen molar-refractivity contribution in [3.8, 4) is 11.6 Å². The van der Waals surface area contributed by atoms with Crippen molar-refractivity contribution in [3.63, 3.8) is 0 Å². The molecule has 0 bridgehead atoms. The Morgan fingerprint density at radius 3 is 1.89 bits per heavy atom. The Hall–Kier alpha value is -6.43. The summed E-state index contributed by atoms with van der Waals surface area (Å²) in [7, 11) is 0. The zero-order valence-electron chi connectivity index (χ0n) is 33.4. The number of benzene rings is 5. The predicted molar refractivity (Wildman–Crippen MR) is 224 cm³/mol. The molecule has 308 valence electrons. The summed E-state index contributed by atoms with van der Waals surface area (Å²) < 4.78 is 35.6. The van der Waals surface area contributed by atoms with Gasteiger partial charge in [0.1, 0.15) is 24.6 Å². The lowest BCUT2D eigenvalue weighted by molar-refractivity contribution is -0.156. The Labute approximate surface area is 352 Å². The van der Waals surface area contributed by atoms with Crippen LogP contribution < -0.4 is 14.4 Å². The van der Waals surface area contributed by atoms with Crippen LogP contribution in [-0.2, 0) is 37.5 Å². The van der Waals surface area contributed by atoms with Gasteiger partial charge in [0, 0.05) is 43.7 Å². The van der Waals surface area contributed by atoms with Crippen LogP contribution in [0.5, 0.6) is 11.6 Å². The van der Waals surface area contributed by atoms with E-state index in [4.69, 9.17) is 14.0 Å². The molecule has 0 amide bonds. The molecule has 5 unspecified atom stereocenters. The normalized spacial score (nSPS) is 23.0. The fourth-order valence-corrected chi connectivity index (χ4v) is 9.85. The highest BCUT2D eigenvalue weighted by atomic mass is 19.1. The number of rotatable bonds is 12. The number of Topliss-reactive ketones (excluding diaryl/α,β-unsaturated/α-hetero) is 3. The number of anilines is 1. The molecule has 11 heteroatoms. The first-order valence-corrected chi connectivity index (χ1v) is 20.9. The summed E-state index contributed by atoms with van der Waals surface area (Å²) in [5, 5.41) is 16.9. The number of fused-ring (bicyclic) bond motifs is 4. The second kappa shape index (κ2) is 15.9. The van der Waals surface area contributed by atoms with Gasteiger partial charge in [-0.2, -0.15) is 0 Å². The number of carbonyl (C=O) groups is 3. The lowest BCUT2D eigenvalue weighted by atomic mass is 9.54. The molecule has 0 radical (unpaired) electrons. The maximum absolute atomic E-state index is 17.0. The fourth-order valence-electron chi connectivity index (χ4n) is 9.85. The van der Waals surface area contributed by atoms with Gasteiger partial charge < -0.3 is 24.0 Å². The van der Waals surface area contributed by atoms with Gasteiger partial charge in [-0.05, 0) is 52.6 Å². The van der Waals surface area contributed by atoms with E-state index >= 15 is 14.0 Å². The molecule has 0 spiro atoms. The number of ether oxygens (including phenoxy) is 2. The van der Waals surface area contributed by atoms with Crippen molar-refractivity contribution in [1.29, 1.82) is 0 Å². The molecule has 1 aromatic heterocycles. The number of hydrogen-bond acceptors (Lipinski definition) is 10. The molecule has 4 aliphatic rings. The molecule has 1 aliphatic heterocycles. The molecule has 3 aliphatic carbocycles. The van der Waals surface area contributed by atoms with Crippen molar-refractivity contribution >= 4 is 23.0 Å². The highest BCUT2D eigenvalue weighted by molar-refractivity contribution is 6.27. The minimum Gasteiger partial charge on any atom is -0.486 e. The molecule has 2 heterocycles. The van der Waals surface area contributed by atoms with Crippen LogP contribution in [0.1, 0.15) is 73.2 Å². The van der Waals surface area contributed by atoms with Gasteiger partial charge >= 0.3 is 0 Å². The molecular formula is C50H44FN3O7. The summed E-state index contributed by atoms with van der Waals surface area (Å²) in [4.78, 5) is 49.3. The van der Waals surface area contributed by atoms with E-state index in [2.05, 4.69) is 10.1 Å². The van der Waals surface area contributed by atoms with Crippen LogP contribution in [0, 0.1) is 23.6 Å². The van der Waals surface area contributed by atoms with Crippen LogP contribution in [0.15, 0.2) is 132 Å². The van der Waals surface area contributed by atoms with E-state index in [1.165, 1.54) is 6.07 Å². The van der Waals surface area contributed by atoms with E-state index in [0.717, 1.165) is 28.7 Å². The lowest BCUT2D eigenvalue weighted by Crippen LogP contribution is -2.67. The molecule has 5 atom stereocenters. The molecule has 10 rings (SSSR count). The lowest BCUT2D eigenvalue weighted by Gasteiger charge is -2.53. The molecule has 1 saturated heterocycles. The van der Waals surface area contributed by atoms with Crippen LogP contribution in [0.4, 0.5) is 10.1 Å². The molecule has 61 heavy (non-hydrogen) atoms. The van der Waals surface area contributed by atoms with Crippen molar-refractivity contribution in [1.82, 2.24) is 10.1 Å². The maximum Gasteiger partial charge on any atom is 0.265 e. The molecule has 10 nitrogen and oxygen atoms in total. The standard InChI is InChI=1S/C50H44FN3O7/c51-38-26-39(54(27-31-14-5-1-6-15-31)28-32-16-7-2-8-17-32)45(59-29-33-18-9-3-10-19-33)41-36(38)24-35-25-37-43(53-22-13-23-53)46-42(48(57)50(37,58)47(56)40(35)44(41)55)49(52-61-46)60-30-34-20-11-4-12-21-34/h1-12,14-21,26,35,37,40,43,58H,13,22-25,27-30H2. The number of halogens is 1. The van der Waals surface area contributed by atoms with Gasteiger partial charge in [0.25, 0.3) is 5.88 Å². The third-order valence-corrected chi connectivity index (χ3v) is 12.9. The predicted octanol–water partition coefficient (Wildman–Crippen LogP) is 8.11. The van der Waals surface area contributed by atoms with Gasteiger partial charge in [0.2, 0.25) is 5.78 Å². The van der Waals surface area contributed by atoms with Crippen LogP contribution in [-0.4, -0.2) is 51.2 Å². The third kappa shape index (κ3) is 6.82. The summed E-state index contributed by atoms with van der Waals surface area (Å²) in [6.45, 7) is 2.16. The van der Waals surface area contributed by atoms with Gasteiger partial charge in [-0.3, -0.25) is 19.3 Å². The largest absolute Gasteiger partial charge is 0.486 e. The first kappa shape index (κ1) is 38.8. The van der Waals surface area contributed by atoms with E-state index in [1.54, 1.807) is 0 Å². The minimum absolute atomic E-state index is 0.0326. The Kier molecular flexibility index (Phi) is 10.1. The smallest absolute Gasteiger partial charge is 0.265 e. The summed E-state index contributed by atoms with van der Waals surface area (Å²) in [6, 6.07) is 39.1. The average Bonchev–Trinajstić information content (AvgIpc) is 3.69. The Morgan fingerprint density at radius 1 is 0.770 bits per heavy atom. The van der Waals surface area contributed by atoms with Crippen molar-refractivity contribution in [3.05, 3.63) is 178 Å². The number of likely N-dealkylation sites (tertiary alicyclic amines) is 1. The quantitative estimate of drug-likeness (QED) is 0.121. The number of carbonyl (C=O) groups excluding carboxylic acids is 3. The van der Waals surface area contributed by atoms with Crippen LogP contribution in [0.25, 0.3) is 0 Å². The van der Waals surface area contributed by atoms with Gasteiger partial charge in [-0.25, -0.2) is 4.39 Å². The average molecular weight is 818 g/mol. The van der Waals surface area contributed by atoms with Crippen LogP contribution >= 0.6 is 0 Å². The van der Waals surface area contributed by atoms with E-state index in [0.29, 0.717) is 31.9 Å². The van der Waals surface area contributed by atoms with E-state index in [-0.39, 0.29) is 60.1 Å². The van der Waals surface area contributed by atoms with Crippen molar-refractivity contribution in [2.75, 3.05) is 18.0 Å². The van der Waals surface area contributed by atoms with Gasteiger partial charge in [-0.1, -0.05) is 121 Å². The Morgan fingerprint density at radius 2 is 1.33 bits per heavy atom. The van der Waals surface area contributed by atoms with Crippen LogP contribution in [0.2, 0.25) is 0 Å². The van der Waals surface area contributed by atoms with Gasteiger partial charge in [0.05, 0.1) is 23.2 Å². The maximum atomic E-state index is 17.0. The van der Waals surface area contributed by atoms with E-state index in [9.17, 15) is 9.90 Å². The zero-order valence-corrected chi connectivity index (χ0v) is 33.4. The monoisotopic (exact) mass is 817 g/mol. The summed E-state index contributed by atoms with van der Waals surface area (Å²) in [5.41, 5.74) is 1.38. The molecular weight excluding hydrogens is 774 g/mol. The SMILES string of the molecule is O=C1c2c(c(F)cc(N(Cc3ccccc3)Cc3ccccc3)c2OCc2ccccc2)CC2CC3C(N4CCC4)c4onc(OCc5ccccc5)c4C(=O)C3(O)C(=O)C12. The number of ketones is 3. The zero-order chi connectivity index (χ0) is 41.7. The second-order valence-electron chi connectivity index (χ2n) is 16.6. The number of aromatic nitrogens is 1. The molecule has 2 fully saturated rings. The summed E-state index contributed by atoms with van der Waals surface area (Å²) in [5.74, 6) is -5.86. The first-order valence-electron chi connectivity index (χ1n) is 20.9. The number of hydrogen-bond donors (Lipinski definition) is 1. The molecule has 1 N–H and O–H groups in total. The Bertz CT molecular complexity index is 2560. The number of nitrogens with zero attached hydrogens (tertiary/aromatic N) is 3. The van der Waals surface area contributed by atoms with Crippen molar-refractivity contribution in [2.24, 2.45) is 17.8 Å². The second-order valence-corrected chi connectivity index (χ2v) is 16.6.